The maximum Gasteiger partial charge on any atom is 0.446 e. The molecular weight excluding hydrogens is 357 g/mol. The summed E-state index contributed by atoms with van der Waals surface area (Å²) >= 11 is 0. The Hall–Kier alpha value is -2.59. The summed E-state index contributed by atoms with van der Waals surface area (Å²) in [6.07, 6.45) is -3.43. The molecule has 7 nitrogen and oxygen atoms in total. The Morgan fingerprint density at radius 1 is 1.27 bits per heavy atom. The first kappa shape index (κ1) is 19.7. The largest absolute Gasteiger partial charge is 0.488 e. The smallest absolute Gasteiger partial charge is 0.446 e. The molecule has 0 fully saturated rings. The molecule has 0 bridgehead atoms. The topological polar surface area (TPSA) is 116 Å². The molecule has 0 radical (unpaired) electrons. The molecule has 1 heterocycles. The van der Waals surface area contributed by atoms with Gasteiger partial charge in [-0.1, -0.05) is 19.1 Å². The molecule has 26 heavy (non-hydrogen) atoms. The minimum Gasteiger partial charge on any atom is -0.488 e. The van der Waals surface area contributed by atoms with Crippen molar-refractivity contribution in [1.29, 1.82) is 0 Å². The summed E-state index contributed by atoms with van der Waals surface area (Å²) < 4.78 is 41.9. The zero-order valence-corrected chi connectivity index (χ0v) is 13.6. The Morgan fingerprint density at radius 2 is 1.88 bits per heavy atom. The number of nitrogens with zero attached hydrogens (tertiary/aromatic N) is 1. The van der Waals surface area contributed by atoms with Crippen LogP contribution in [0.4, 0.5) is 13.2 Å². The number of aromatic carboxylic acids is 1. The van der Waals surface area contributed by atoms with Gasteiger partial charge in [0.15, 0.2) is 6.61 Å². The minimum atomic E-state index is -5.24. The number of rotatable bonds is 7. The number of carboxylic acid groups (broad SMARTS) is 1. The second-order valence-electron chi connectivity index (χ2n) is 5.62. The van der Waals surface area contributed by atoms with Crippen molar-refractivity contribution in [1.82, 2.24) is 10.2 Å². The van der Waals surface area contributed by atoms with E-state index in [1.807, 2.05) is 6.92 Å². The summed E-state index contributed by atoms with van der Waals surface area (Å²) in [6, 6.07) is 5.82. The van der Waals surface area contributed by atoms with E-state index in [9.17, 15) is 23.1 Å². The van der Waals surface area contributed by atoms with E-state index in [0.717, 1.165) is 0 Å². The number of ether oxygens (including phenoxy) is 1. The van der Waals surface area contributed by atoms with Crippen LogP contribution in [0.15, 0.2) is 30.5 Å². The summed E-state index contributed by atoms with van der Waals surface area (Å²) in [5.74, 6) is -5.42. The highest BCUT2D eigenvalue weighted by Crippen LogP contribution is 2.31. The summed E-state index contributed by atoms with van der Waals surface area (Å²) in [6.45, 7) is 0.459. The lowest BCUT2D eigenvalue weighted by molar-refractivity contribution is -0.355. The summed E-state index contributed by atoms with van der Waals surface area (Å²) in [5.41, 5.74) is 1.06. The standard InChI is InChI=1S/C16H17F3N2O5/c1-2-11(13-12(14(22)23)7-20-21-13)9-3-5-10(6-4-9)26-8-15(24,25)16(17,18)19/h3-7,11,24-25H,2,8H2,1H3,(H,20,21)(H,22,23)/t11-/m0/s1. The highest BCUT2D eigenvalue weighted by atomic mass is 19.4. The van der Waals surface area contributed by atoms with Crippen molar-refractivity contribution in [2.45, 2.75) is 31.2 Å². The Bertz CT molecular complexity index is 756. The van der Waals surface area contributed by atoms with Crippen LogP contribution in [0.5, 0.6) is 5.75 Å². The number of H-pyrrole nitrogens is 1. The zero-order chi connectivity index (χ0) is 19.5. The molecule has 0 unspecified atom stereocenters. The van der Waals surface area contributed by atoms with E-state index in [1.54, 1.807) is 12.1 Å². The Labute approximate surface area is 146 Å². The second-order valence-corrected chi connectivity index (χ2v) is 5.62. The molecule has 1 aromatic heterocycles. The number of aromatic nitrogens is 2. The lowest BCUT2D eigenvalue weighted by Crippen LogP contribution is -2.49. The SMILES string of the molecule is CC[C@@H](c1ccc(OCC(O)(O)C(F)(F)F)cc1)c1n[nH]cc1C(=O)O. The van der Waals surface area contributed by atoms with Crippen LogP contribution in [-0.4, -0.2) is 50.1 Å². The number of aromatic amines is 1. The third kappa shape index (κ3) is 4.14. The van der Waals surface area contributed by atoms with Crippen LogP contribution in [0, 0.1) is 0 Å². The fourth-order valence-electron chi connectivity index (χ4n) is 2.39. The number of carboxylic acids is 1. The van der Waals surface area contributed by atoms with Crippen molar-refractivity contribution in [3.63, 3.8) is 0 Å². The van der Waals surface area contributed by atoms with Crippen molar-refractivity contribution in [2.75, 3.05) is 6.61 Å². The molecule has 1 atom stereocenters. The summed E-state index contributed by atoms with van der Waals surface area (Å²) in [4.78, 5) is 11.2. The van der Waals surface area contributed by atoms with Crippen LogP contribution >= 0.6 is 0 Å². The zero-order valence-electron chi connectivity index (χ0n) is 13.6. The van der Waals surface area contributed by atoms with Gasteiger partial charge >= 0.3 is 12.1 Å². The van der Waals surface area contributed by atoms with Gasteiger partial charge in [0.05, 0.1) is 5.69 Å². The number of halogens is 3. The Balaban J connectivity index is 2.15. The van der Waals surface area contributed by atoms with Gasteiger partial charge in [0.2, 0.25) is 0 Å². The molecule has 2 aromatic rings. The van der Waals surface area contributed by atoms with Crippen molar-refractivity contribution in [3.8, 4) is 5.75 Å². The number of hydrogen-bond donors (Lipinski definition) is 4. The van der Waals surface area contributed by atoms with E-state index in [4.69, 9.17) is 14.9 Å². The van der Waals surface area contributed by atoms with Crippen LogP contribution in [0.2, 0.25) is 0 Å². The molecule has 0 aliphatic heterocycles. The van der Waals surface area contributed by atoms with E-state index in [1.165, 1.54) is 18.3 Å². The van der Waals surface area contributed by atoms with Gasteiger partial charge in [-0.15, -0.1) is 0 Å². The number of nitrogens with one attached hydrogen (secondary N) is 1. The fraction of sp³-hybridized carbons (Fsp3) is 0.375. The molecule has 0 saturated heterocycles. The maximum absolute atomic E-state index is 12.4. The van der Waals surface area contributed by atoms with Crippen LogP contribution < -0.4 is 4.74 Å². The molecule has 10 heteroatoms. The second kappa shape index (κ2) is 7.34. The highest BCUT2D eigenvalue weighted by Gasteiger charge is 2.53. The van der Waals surface area contributed by atoms with Gasteiger partial charge in [-0.25, -0.2) is 4.79 Å². The predicted octanol–water partition coefficient (Wildman–Crippen LogP) is 2.27. The van der Waals surface area contributed by atoms with Gasteiger partial charge in [-0.05, 0) is 24.1 Å². The fourth-order valence-corrected chi connectivity index (χ4v) is 2.39. The quantitative estimate of drug-likeness (QED) is 0.553. The number of carbonyl (C=O) groups is 1. The van der Waals surface area contributed by atoms with E-state index in [-0.39, 0.29) is 17.2 Å². The van der Waals surface area contributed by atoms with Gasteiger partial charge in [0, 0.05) is 12.1 Å². The third-order valence-corrected chi connectivity index (χ3v) is 3.82. The minimum absolute atomic E-state index is 0.000754. The number of aliphatic hydroxyl groups is 2. The van der Waals surface area contributed by atoms with Crippen molar-refractivity contribution < 1.29 is 38.0 Å². The molecular formula is C16H17F3N2O5. The molecule has 0 amide bonds. The van der Waals surface area contributed by atoms with Crippen molar-refractivity contribution in [2.24, 2.45) is 0 Å². The van der Waals surface area contributed by atoms with Gasteiger partial charge in [0.25, 0.3) is 5.79 Å². The molecule has 2 rings (SSSR count). The average molecular weight is 374 g/mol. The number of hydrogen-bond acceptors (Lipinski definition) is 5. The van der Waals surface area contributed by atoms with Gasteiger partial charge in [-0.2, -0.15) is 18.3 Å². The lowest BCUT2D eigenvalue weighted by atomic mass is 9.91. The molecule has 1 aromatic carbocycles. The lowest BCUT2D eigenvalue weighted by Gasteiger charge is -2.24. The van der Waals surface area contributed by atoms with E-state index < -0.39 is 24.5 Å². The normalized spacial score (nSPS) is 13.5. The van der Waals surface area contributed by atoms with Crippen LogP contribution in [0.25, 0.3) is 0 Å². The van der Waals surface area contributed by atoms with Crippen molar-refractivity contribution in [3.05, 3.63) is 47.3 Å². The Kier molecular flexibility index (Phi) is 5.57. The monoisotopic (exact) mass is 374 g/mol. The molecule has 0 spiro atoms. The first-order chi connectivity index (χ1) is 12.1. The molecule has 0 aliphatic rings. The summed E-state index contributed by atoms with van der Waals surface area (Å²) in [5, 5.41) is 33.5. The Morgan fingerprint density at radius 3 is 2.38 bits per heavy atom. The average Bonchev–Trinajstić information content (AvgIpc) is 3.03. The first-order valence-electron chi connectivity index (χ1n) is 7.58. The van der Waals surface area contributed by atoms with Crippen molar-refractivity contribution >= 4 is 5.97 Å². The number of alkyl halides is 3. The van der Waals surface area contributed by atoms with Gasteiger partial charge < -0.3 is 20.1 Å². The molecule has 4 N–H and O–H groups in total. The van der Waals surface area contributed by atoms with Crippen LogP contribution in [-0.2, 0) is 0 Å². The molecule has 142 valence electrons. The highest BCUT2D eigenvalue weighted by molar-refractivity contribution is 5.88. The predicted molar refractivity (Wildman–Crippen MR) is 82.8 cm³/mol. The van der Waals surface area contributed by atoms with Gasteiger partial charge in [0.1, 0.15) is 11.3 Å². The maximum atomic E-state index is 12.4. The summed E-state index contributed by atoms with van der Waals surface area (Å²) in [7, 11) is 0. The van der Waals surface area contributed by atoms with E-state index in [2.05, 4.69) is 10.2 Å². The van der Waals surface area contributed by atoms with E-state index in [0.29, 0.717) is 17.7 Å². The number of benzene rings is 1. The van der Waals surface area contributed by atoms with Crippen LogP contribution in [0.1, 0.15) is 40.9 Å². The molecule has 0 aliphatic carbocycles. The van der Waals surface area contributed by atoms with Gasteiger partial charge in [-0.3, -0.25) is 5.10 Å². The van der Waals surface area contributed by atoms with E-state index >= 15 is 0 Å². The third-order valence-electron chi connectivity index (χ3n) is 3.82. The molecule has 0 saturated carbocycles. The first-order valence-corrected chi connectivity index (χ1v) is 7.58. The van der Waals surface area contributed by atoms with Crippen LogP contribution in [0.3, 0.4) is 0 Å².